The van der Waals surface area contributed by atoms with Crippen LogP contribution in [0.15, 0.2) is 22.8 Å². The number of furan rings is 1. The first-order chi connectivity index (χ1) is 9.19. The van der Waals surface area contributed by atoms with Crippen molar-refractivity contribution in [3.63, 3.8) is 0 Å². The first-order valence-corrected chi connectivity index (χ1v) is 6.80. The van der Waals surface area contributed by atoms with E-state index in [9.17, 15) is 4.79 Å². The number of ether oxygens (including phenoxy) is 2. The molecule has 0 spiro atoms. The fourth-order valence-corrected chi connectivity index (χ4v) is 2.91. The number of hydrogen-bond donors (Lipinski definition) is 0. The monoisotopic (exact) mass is 265 g/mol. The minimum atomic E-state index is -0.540. The highest BCUT2D eigenvalue weighted by Gasteiger charge is 2.42. The number of carbonyl (C=O) groups excluding carboxylic acids is 1. The van der Waals surface area contributed by atoms with Gasteiger partial charge in [-0.15, -0.1) is 0 Å². The van der Waals surface area contributed by atoms with Crippen molar-refractivity contribution >= 4 is 5.91 Å². The summed E-state index contributed by atoms with van der Waals surface area (Å²) < 4.78 is 16.6. The number of piperidine rings is 1. The third-order valence-electron chi connectivity index (χ3n) is 4.04. The summed E-state index contributed by atoms with van der Waals surface area (Å²) in [5.41, 5.74) is 0. The van der Waals surface area contributed by atoms with Crippen molar-refractivity contribution in [3.05, 3.63) is 24.2 Å². The van der Waals surface area contributed by atoms with Gasteiger partial charge in [0.1, 0.15) is 0 Å². The van der Waals surface area contributed by atoms with Gasteiger partial charge in [-0.1, -0.05) is 0 Å². The molecule has 1 atom stereocenters. The molecule has 0 saturated carbocycles. The van der Waals surface area contributed by atoms with Crippen LogP contribution in [0.1, 0.15) is 30.3 Å². The predicted molar refractivity (Wildman–Crippen MR) is 67.6 cm³/mol. The van der Waals surface area contributed by atoms with Crippen molar-refractivity contribution in [2.24, 2.45) is 5.92 Å². The van der Waals surface area contributed by atoms with Crippen molar-refractivity contribution in [2.45, 2.75) is 25.6 Å². The van der Waals surface area contributed by atoms with Crippen molar-refractivity contribution in [3.8, 4) is 0 Å². The Bertz CT molecular complexity index is 436. The Morgan fingerprint density at radius 2 is 2.21 bits per heavy atom. The molecule has 2 aliphatic rings. The minimum absolute atomic E-state index is 0.0451. The Hall–Kier alpha value is -1.33. The molecule has 1 aromatic rings. The molecule has 3 rings (SSSR count). The van der Waals surface area contributed by atoms with Crippen LogP contribution >= 0.6 is 0 Å². The highest BCUT2D eigenvalue weighted by molar-refractivity contribution is 5.91. The number of carbonyl (C=O) groups is 1. The zero-order chi connectivity index (χ0) is 13.3. The molecule has 0 unspecified atom stereocenters. The van der Waals surface area contributed by atoms with E-state index in [0.717, 1.165) is 19.4 Å². The molecule has 2 aliphatic heterocycles. The van der Waals surface area contributed by atoms with Crippen LogP contribution in [-0.2, 0) is 9.47 Å². The fraction of sp³-hybridized carbons (Fsp3) is 0.643. The second-order valence-electron chi connectivity index (χ2n) is 5.28. The van der Waals surface area contributed by atoms with Gasteiger partial charge in [-0.2, -0.15) is 0 Å². The van der Waals surface area contributed by atoms with E-state index in [4.69, 9.17) is 13.9 Å². The first kappa shape index (κ1) is 12.7. The normalized spacial score (nSPS) is 26.6. The van der Waals surface area contributed by atoms with Crippen LogP contribution < -0.4 is 0 Å². The van der Waals surface area contributed by atoms with Crippen LogP contribution in [0.2, 0.25) is 0 Å². The molecule has 2 fully saturated rings. The molecule has 0 bridgehead atoms. The summed E-state index contributed by atoms with van der Waals surface area (Å²) >= 11 is 0. The molecule has 2 saturated heterocycles. The lowest BCUT2D eigenvalue weighted by Gasteiger charge is -2.39. The maximum Gasteiger partial charge on any atom is 0.289 e. The number of amides is 1. The number of likely N-dealkylation sites (tertiary alicyclic amines) is 1. The molecule has 0 N–H and O–H groups in total. The third kappa shape index (κ3) is 2.40. The molecular weight excluding hydrogens is 246 g/mol. The lowest BCUT2D eigenvalue weighted by molar-refractivity contribution is -0.189. The zero-order valence-corrected chi connectivity index (χ0v) is 11.1. The van der Waals surface area contributed by atoms with Crippen LogP contribution in [0, 0.1) is 5.92 Å². The van der Waals surface area contributed by atoms with Gasteiger partial charge in [0.25, 0.3) is 5.91 Å². The van der Waals surface area contributed by atoms with E-state index < -0.39 is 5.79 Å². The largest absolute Gasteiger partial charge is 0.459 e. The van der Waals surface area contributed by atoms with Crippen molar-refractivity contribution in [2.75, 3.05) is 26.3 Å². The van der Waals surface area contributed by atoms with Crippen LogP contribution in [0.5, 0.6) is 0 Å². The number of nitrogens with zero attached hydrogens (tertiary/aromatic N) is 1. The van der Waals surface area contributed by atoms with Gasteiger partial charge in [0.15, 0.2) is 11.5 Å². The molecule has 104 valence electrons. The van der Waals surface area contributed by atoms with Crippen LogP contribution in [-0.4, -0.2) is 42.9 Å². The first-order valence-electron chi connectivity index (χ1n) is 6.80. The van der Waals surface area contributed by atoms with Gasteiger partial charge in [-0.3, -0.25) is 4.79 Å². The molecule has 5 nitrogen and oxygen atoms in total. The van der Waals surface area contributed by atoms with Crippen LogP contribution in [0.25, 0.3) is 0 Å². The second kappa shape index (κ2) is 4.98. The van der Waals surface area contributed by atoms with E-state index >= 15 is 0 Å². The van der Waals surface area contributed by atoms with E-state index in [2.05, 4.69) is 0 Å². The van der Waals surface area contributed by atoms with E-state index in [1.165, 1.54) is 6.26 Å². The standard InChI is InChI=1S/C14H19NO4/c1-14(18-8-9-19-14)11-4-2-6-15(10-11)13(16)12-5-3-7-17-12/h3,5,7,11H,2,4,6,8-10H2,1H3/t11-/m0/s1. The van der Waals surface area contributed by atoms with Gasteiger partial charge in [0, 0.05) is 19.0 Å². The van der Waals surface area contributed by atoms with E-state index in [1.54, 1.807) is 12.1 Å². The van der Waals surface area contributed by atoms with Gasteiger partial charge in [0.05, 0.1) is 19.5 Å². The van der Waals surface area contributed by atoms with Gasteiger partial charge in [-0.25, -0.2) is 0 Å². The fourth-order valence-electron chi connectivity index (χ4n) is 2.91. The SMILES string of the molecule is CC1([C@H]2CCCN(C(=O)c3ccco3)C2)OCCO1. The highest BCUT2D eigenvalue weighted by Crippen LogP contribution is 2.34. The lowest BCUT2D eigenvalue weighted by atomic mass is 9.90. The molecule has 0 aliphatic carbocycles. The van der Waals surface area contributed by atoms with E-state index in [0.29, 0.717) is 25.5 Å². The summed E-state index contributed by atoms with van der Waals surface area (Å²) in [6, 6.07) is 3.44. The Balaban J connectivity index is 1.69. The maximum atomic E-state index is 12.3. The number of rotatable bonds is 2. The molecule has 5 heteroatoms. The topological polar surface area (TPSA) is 51.9 Å². The quantitative estimate of drug-likeness (QED) is 0.819. The number of hydrogen-bond acceptors (Lipinski definition) is 4. The lowest BCUT2D eigenvalue weighted by Crippen LogP contribution is -2.48. The summed E-state index contributed by atoms with van der Waals surface area (Å²) in [6.07, 6.45) is 3.52. The third-order valence-corrected chi connectivity index (χ3v) is 4.04. The molecule has 19 heavy (non-hydrogen) atoms. The van der Waals surface area contributed by atoms with Crippen molar-refractivity contribution in [1.29, 1.82) is 0 Å². The molecule has 0 aromatic carbocycles. The smallest absolute Gasteiger partial charge is 0.289 e. The highest BCUT2D eigenvalue weighted by atomic mass is 16.7. The molecule has 1 amide bonds. The van der Waals surface area contributed by atoms with Crippen LogP contribution in [0.3, 0.4) is 0 Å². The van der Waals surface area contributed by atoms with Gasteiger partial charge >= 0.3 is 0 Å². The Morgan fingerprint density at radius 1 is 1.42 bits per heavy atom. The Morgan fingerprint density at radius 3 is 2.89 bits per heavy atom. The zero-order valence-electron chi connectivity index (χ0n) is 11.1. The average Bonchev–Trinajstić information content (AvgIpc) is 3.10. The van der Waals surface area contributed by atoms with Gasteiger partial charge in [-0.05, 0) is 31.9 Å². The predicted octanol–water partition coefficient (Wildman–Crippen LogP) is 1.89. The maximum absolute atomic E-state index is 12.3. The summed E-state index contributed by atoms with van der Waals surface area (Å²) in [6.45, 7) is 4.69. The van der Waals surface area contributed by atoms with E-state index in [1.807, 2.05) is 11.8 Å². The van der Waals surface area contributed by atoms with Crippen LogP contribution in [0.4, 0.5) is 0 Å². The molecule has 1 aromatic heterocycles. The Labute approximate surface area is 112 Å². The molecule has 3 heterocycles. The molecular formula is C14H19NO4. The van der Waals surface area contributed by atoms with Gasteiger partial charge in [0.2, 0.25) is 0 Å². The van der Waals surface area contributed by atoms with Crippen molar-refractivity contribution < 1.29 is 18.7 Å². The molecule has 0 radical (unpaired) electrons. The summed E-state index contributed by atoms with van der Waals surface area (Å²) in [5.74, 6) is 0.0419. The summed E-state index contributed by atoms with van der Waals surface area (Å²) in [4.78, 5) is 14.1. The summed E-state index contributed by atoms with van der Waals surface area (Å²) in [5, 5.41) is 0. The van der Waals surface area contributed by atoms with Crippen molar-refractivity contribution in [1.82, 2.24) is 4.90 Å². The second-order valence-corrected chi connectivity index (χ2v) is 5.28. The average molecular weight is 265 g/mol. The van der Waals surface area contributed by atoms with E-state index in [-0.39, 0.29) is 11.8 Å². The minimum Gasteiger partial charge on any atom is -0.459 e. The van der Waals surface area contributed by atoms with Gasteiger partial charge < -0.3 is 18.8 Å². The Kier molecular flexibility index (Phi) is 3.33. The summed E-state index contributed by atoms with van der Waals surface area (Å²) in [7, 11) is 0.